The third-order valence-corrected chi connectivity index (χ3v) is 4.33. The topological polar surface area (TPSA) is 0 Å². The van der Waals surface area contributed by atoms with Crippen molar-refractivity contribution < 1.29 is 0 Å². The highest BCUT2D eigenvalue weighted by Gasteiger charge is 2.13. The third kappa shape index (κ3) is 3.02. The molecule has 0 aliphatic rings. The fourth-order valence-electron chi connectivity index (χ4n) is 2.40. The van der Waals surface area contributed by atoms with Crippen LogP contribution in [0.25, 0.3) is 0 Å². The fraction of sp³-hybridized carbons (Fsp3) is 0.294. The summed E-state index contributed by atoms with van der Waals surface area (Å²) in [4.78, 5) is 0. The maximum Gasteiger partial charge on any atom is 0.0103 e. The van der Waals surface area contributed by atoms with Gasteiger partial charge in [0.1, 0.15) is 0 Å². The van der Waals surface area contributed by atoms with Crippen LogP contribution in [-0.2, 0) is 6.42 Å². The molecule has 1 heteroatoms. The van der Waals surface area contributed by atoms with E-state index < -0.39 is 0 Å². The van der Waals surface area contributed by atoms with Crippen molar-refractivity contribution in [1.29, 1.82) is 0 Å². The Hall–Kier alpha value is -1.08. The summed E-state index contributed by atoms with van der Waals surface area (Å²) in [5.41, 5.74) is 5.71. The van der Waals surface area contributed by atoms with Gasteiger partial charge in [0.2, 0.25) is 0 Å². The Labute approximate surface area is 118 Å². The second-order valence-corrected chi connectivity index (χ2v) is 5.48. The Morgan fingerprint density at radius 2 is 1.50 bits per heavy atom. The minimum Gasteiger partial charge on any atom is -0.0921 e. The van der Waals surface area contributed by atoms with Crippen LogP contribution in [-0.4, -0.2) is 5.33 Å². The molecular weight excluding hydrogens is 284 g/mol. The summed E-state index contributed by atoms with van der Waals surface area (Å²) in [6.07, 6.45) is 1.10. The molecule has 1 unspecified atom stereocenters. The van der Waals surface area contributed by atoms with Crippen LogP contribution in [0.4, 0.5) is 0 Å². The Morgan fingerprint density at radius 1 is 0.889 bits per heavy atom. The number of hydrogen-bond acceptors (Lipinski definition) is 0. The minimum atomic E-state index is 0.547. The van der Waals surface area contributed by atoms with Gasteiger partial charge in [-0.05, 0) is 48.4 Å². The van der Waals surface area contributed by atoms with Crippen molar-refractivity contribution in [3.63, 3.8) is 0 Å². The molecule has 2 rings (SSSR count). The number of alkyl halides is 1. The first kappa shape index (κ1) is 13.4. The van der Waals surface area contributed by atoms with Crippen molar-refractivity contribution >= 4 is 15.9 Å². The number of hydrogen-bond donors (Lipinski definition) is 0. The van der Waals surface area contributed by atoms with Crippen LogP contribution in [0.2, 0.25) is 0 Å². The minimum absolute atomic E-state index is 0.547. The molecule has 0 aromatic heterocycles. The van der Waals surface area contributed by atoms with Gasteiger partial charge in [-0.15, -0.1) is 0 Å². The largest absolute Gasteiger partial charge is 0.0921 e. The molecular formula is C17H19Br. The van der Waals surface area contributed by atoms with Gasteiger partial charge < -0.3 is 0 Å². The molecule has 0 amide bonds. The summed E-state index contributed by atoms with van der Waals surface area (Å²) in [5, 5.41) is 1.00. The number of aryl methyl sites for hydroxylation is 2. The second-order valence-electron chi connectivity index (χ2n) is 4.84. The summed E-state index contributed by atoms with van der Waals surface area (Å²) in [5.74, 6) is 0.547. The number of benzene rings is 2. The smallest absolute Gasteiger partial charge is 0.0103 e. The highest BCUT2D eigenvalue weighted by atomic mass is 79.9. The van der Waals surface area contributed by atoms with Crippen LogP contribution in [0, 0.1) is 13.8 Å². The highest BCUT2D eigenvalue weighted by Crippen LogP contribution is 2.26. The lowest BCUT2D eigenvalue weighted by Crippen LogP contribution is -2.07. The molecule has 0 radical (unpaired) electrons. The zero-order valence-electron chi connectivity index (χ0n) is 11.0. The van der Waals surface area contributed by atoms with E-state index in [0.717, 1.165) is 11.8 Å². The second kappa shape index (κ2) is 6.19. The highest BCUT2D eigenvalue weighted by molar-refractivity contribution is 9.09. The van der Waals surface area contributed by atoms with Crippen molar-refractivity contribution in [2.24, 2.45) is 0 Å². The van der Waals surface area contributed by atoms with Gasteiger partial charge in [-0.3, -0.25) is 0 Å². The summed E-state index contributed by atoms with van der Waals surface area (Å²) in [7, 11) is 0. The van der Waals surface area contributed by atoms with Crippen molar-refractivity contribution in [1.82, 2.24) is 0 Å². The molecule has 0 fully saturated rings. The van der Waals surface area contributed by atoms with E-state index in [-0.39, 0.29) is 0 Å². The molecule has 94 valence electrons. The van der Waals surface area contributed by atoms with E-state index >= 15 is 0 Å². The Kier molecular flexibility index (Phi) is 4.60. The van der Waals surface area contributed by atoms with Crippen LogP contribution in [0.15, 0.2) is 48.5 Å². The predicted octanol–water partition coefficient (Wildman–Crippen LogP) is 5.02. The molecule has 18 heavy (non-hydrogen) atoms. The van der Waals surface area contributed by atoms with Crippen molar-refractivity contribution in [2.75, 3.05) is 5.33 Å². The summed E-state index contributed by atoms with van der Waals surface area (Å²) >= 11 is 3.66. The zero-order chi connectivity index (χ0) is 13.0. The van der Waals surface area contributed by atoms with E-state index in [4.69, 9.17) is 0 Å². The van der Waals surface area contributed by atoms with Gasteiger partial charge in [-0.1, -0.05) is 64.5 Å². The summed E-state index contributed by atoms with van der Waals surface area (Å²) in [6, 6.07) is 17.3. The van der Waals surface area contributed by atoms with E-state index in [1.165, 1.54) is 22.3 Å². The van der Waals surface area contributed by atoms with Crippen LogP contribution >= 0.6 is 15.9 Å². The first-order valence-electron chi connectivity index (χ1n) is 6.38. The average Bonchev–Trinajstić information content (AvgIpc) is 2.40. The lowest BCUT2D eigenvalue weighted by Gasteiger charge is -2.18. The molecule has 0 aliphatic heterocycles. The lowest BCUT2D eigenvalue weighted by atomic mass is 9.89. The van der Waals surface area contributed by atoms with Gasteiger partial charge in [-0.2, -0.15) is 0 Å². The molecule has 0 nitrogen and oxygen atoms in total. The van der Waals surface area contributed by atoms with E-state index in [1.807, 2.05) is 0 Å². The van der Waals surface area contributed by atoms with E-state index in [0.29, 0.717) is 5.92 Å². The monoisotopic (exact) mass is 302 g/mol. The van der Waals surface area contributed by atoms with Crippen LogP contribution in [0.1, 0.15) is 28.2 Å². The average molecular weight is 303 g/mol. The Balaban J connectivity index is 2.26. The molecule has 2 aromatic rings. The zero-order valence-corrected chi connectivity index (χ0v) is 12.6. The van der Waals surface area contributed by atoms with Crippen LogP contribution in [0.5, 0.6) is 0 Å². The number of halogens is 1. The van der Waals surface area contributed by atoms with E-state index in [2.05, 4.69) is 78.3 Å². The summed E-state index contributed by atoms with van der Waals surface area (Å²) in [6.45, 7) is 4.41. The molecule has 0 aliphatic carbocycles. The summed E-state index contributed by atoms with van der Waals surface area (Å²) < 4.78 is 0. The fourth-order valence-corrected chi connectivity index (χ4v) is 3.01. The molecule has 0 saturated heterocycles. The maximum atomic E-state index is 3.66. The molecule has 0 spiro atoms. The molecule has 2 aromatic carbocycles. The SMILES string of the molecule is Cc1cccc(C)c1CC(CBr)c1ccccc1. The molecule has 1 atom stereocenters. The maximum absolute atomic E-state index is 3.66. The van der Waals surface area contributed by atoms with E-state index in [9.17, 15) is 0 Å². The quantitative estimate of drug-likeness (QED) is 0.695. The van der Waals surface area contributed by atoms with Gasteiger partial charge in [0, 0.05) is 5.33 Å². The normalized spacial score (nSPS) is 12.4. The molecule has 0 saturated carbocycles. The van der Waals surface area contributed by atoms with Gasteiger partial charge in [-0.25, -0.2) is 0 Å². The van der Waals surface area contributed by atoms with Gasteiger partial charge in [0.25, 0.3) is 0 Å². The van der Waals surface area contributed by atoms with Gasteiger partial charge >= 0.3 is 0 Å². The van der Waals surface area contributed by atoms with Crippen molar-refractivity contribution in [3.8, 4) is 0 Å². The van der Waals surface area contributed by atoms with Gasteiger partial charge in [0.15, 0.2) is 0 Å². The standard InChI is InChI=1S/C17H19Br/c1-13-7-6-8-14(2)17(13)11-16(12-18)15-9-4-3-5-10-15/h3-10,16H,11-12H2,1-2H3. The Bertz CT molecular complexity index is 482. The van der Waals surface area contributed by atoms with E-state index in [1.54, 1.807) is 0 Å². The number of rotatable bonds is 4. The van der Waals surface area contributed by atoms with Crippen LogP contribution < -0.4 is 0 Å². The molecule has 0 N–H and O–H groups in total. The van der Waals surface area contributed by atoms with Gasteiger partial charge in [0.05, 0.1) is 0 Å². The third-order valence-electron chi connectivity index (χ3n) is 3.55. The van der Waals surface area contributed by atoms with Crippen molar-refractivity contribution in [2.45, 2.75) is 26.2 Å². The first-order chi connectivity index (χ1) is 8.72. The lowest BCUT2D eigenvalue weighted by molar-refractivity contribution is 0.767. The van der Waals surface area contributed by atoms with Crippen LogP contribution in [0.3, 0.4) is 0 Å². The molecule has 0 heterocycles. The Morgan fingerprint density at radius 3 is 2.06 bits per heavy atom. The predicted molar refractivity (Wildman–Crippen MR) is 82.6 cm³/mol. The first-order valence-corrected chi connectivity index (χ1v) is 7.50. The van der Waals surface area contributed by atoms with Crippen molar-refractivity contribution in [3.05, 3.63) is 70.8 Å². The molecule has 0 bridgehead atoms.